The summed E-state index contributed by atoms with van der Waals surface area (Å²) in [5, 5.41) is 0. The van der Waals surface area contributed by atoms with Gasteiger partial charge in [-0.25, -0.2) is 0 Å². The molecule has 84 valence electrons. The number of benzene rings is 1. The van der Waals surface area contributed by atoms with E-state index in [-0.39, 0.29) is 35.5 Å². The first kappa shape index (κ1) is 13.2. The number of hydrogen-bond acceptors (Lipinski definition) is 3. The maximum absolute atomic E-state index is 11.6. The van der Waals surface area contributed by atoms with Crippen molar-refractivity contribution in [2.75, 3.05) is 11.4 Å². The Morgan fingerprint density at radius 1 is 1.18 bits per heavy atom. The van der Waals surface area contributed by atoms with E-state index in [4.69, 9.17) is 0 Å². The van der Waals surface area contributed by atoms with E-state index in [2.05, 4.69) is 0 Å². The molecule has 1 amide bonds. The quantitative estimate of drug-likeness (QED) is 0.423. The summed E-state index contributed by atoms with van der Waals surface area (Å²) in [6.07, 6.45) is 1.91. The van der Waals surface area contributed by atoms with Gasteiger partial charge in [0, 0.05) is 17.9 Å². The summed E-state index contributed by atoms with van der Waals surface area (Å²) in [6.45, 7) is 0.691. The van der Waals surface area contributed by atoms with Gasteiger partial charge in [-0.3, -0.25) is 9.00 Å². The molecule has 1 atom stereocenters. The molecule has 6 heteroatoms. The number of aryl methyl sites for hydroxylation is 1. The van der Waals surface area contributed by atoms with Gasteiger partial charge in [-0.05, 0) is 47.2 Å². The molecular formula is C11H10NNaO3S. The molecule has 0 N–H and O–H groups in total. The summed E-state index contributed by atoms with van der Waals surface area (Å²) in [4.78, 5) is 13.8. The normalized spacial score (nSPS) is 18.6. The zero-order valence-electron chi connectivity index (χ0n) is 9.56. The average molecular weight is 259 g/mol. The molecule has 0 bridgehead atoms. The fraction of sp³-hybridized carbons (Fsp3) is 0.364. The number of rotatable bonds is 1. The smallest absolute Gasteiger partial charge is 0.768 e. The van der Waals surface area contributed by atoms with Crippen molar-refractivity contribution in [3.8, 4) is 0 Å². The van der Waals surface area contributed by atoms with Crippen LogP contribution in [0.5, 0.6) is 0 Å². The van der Waals surface area contributed by atoms with Gasteiger partial charge in [-0.1, -0.05) is 0 Å². The van der Waals surface area contributed by atoms with Crippen LogP contribution in [0.1, 0.15) is 17.5 Å². The molecule has 1 unspecified atom stereocenters. The van der Waals surface area contributed by atoms with Gasteiger partial charge < -0.3 is 9.45 Å². The van der Waals surface area contributed by atoms with Crippen LogP contribution in [0.4, 0.5) is 5.69 Å². The van der Waals surface area contributed by atoms with Gasteiger partial charge in [-0.2, -0.15) is 0 Å². The van der Waals surface area contributed by atoms with Crippen molar-refractivity contribution in [1.29, 1.82) is 0 Å². The Morgan fingerprint density at radius 3 is 2.47 bits per heavy atom. The van der Waals surface area contributed by atoms with Crippen LogP contribution in [-0.2, 0) is 28.7 Å². The van der Waals surface area contributed by atoms with E-state index in [1.165, 1.54) is 0 Å². The third-order valence-corrected chi connectivity index (χ3v) is 3.84. The second-order valence-electron chi connectivity index (χ2n) is 4.12. The average Bonchev–Trinajstić information content (AvgIpc) is 2.68. The molecule has 1 aromatic rings. The van der Waals surface area contributed by atoms with E-state index in [1.807, 2.05) is 0 Å². The Morgan fingerprint density at radius 2 is 1.82 bits per heavy atom. The van der Waals surface area contributed by atoms with E-state index >= 15 is 0 Å². The summed E-state index contributed by atoms with van der Waals surface area (Å²) in [5.74, 6) is 0.155. The van der Waals surface area contributed by atoms with Crippen LogP contribution in [0.3, 0.4) is 0 Å². The van der Waals surface area contributed by atoms with Crippen LogP contribution >= 0.6 is 0 Å². The first-order chi connectivity index (χ1) is 7.66. The molecule has 0 saturated heterocycles. The number of carbonyl (C=O) groups excluding carboxylic acids is 1. The number of amides is 1. The van der Waals surface area contributed by atoms with Gasteiger partial charge in [0.1, 0.15) is 0 Å². The molecule has 0 fully saturated rings. The first-order valence-corrected chi connectivity index (χ1v) is 6.30. The van der Waals surface area contributed by atoms with Crippen molar-refractivity contribution in [2.45, 2.75) is 24.2 Å². The summed E-state index contributed by atoms with van der Waals surface area (Å²) in [7, 11) is 0. The second-order valence-corrected chi connectivity index (χ2v) is 5.06. The molecule has 2 aliphatic rings. The van der Waals surface area contributed by atoms with Crippen LogP contribution in [-0.4, -0.2) is 21.2 Å². The number of anilines is 1. The van der Waals surface area contributed by atoms with Gasteiger partial charge in [0.05, 0.1) is 5.69 Å². The van der Waals surface area contributed by atoms with Crippen molar-refractivity contribution in [3.63, 3.8) is 0 Å². The molecule has 0 spiro atoms. The molecule has 0 saturated carbocycles. The molecule has 2 heterocycles. The number of carbonyl (C=O) groups is 1. The van der Waals surface area contributed by atoms with Crippen molar-refractivity contribution in [3.05, 3.63) is 23.3 Å². The topological polar surface area (TPSA) is 60.4 Å². The second kappa shape index (κ2) is 4.82. The van der Waals surface area contributed by atoms with Crippen molar-refractivity contribution >= 4 is 22.7 Å². The minimum Gasteiger partial charge on any atom is -0.768 e. The number of nitrogens with zero attached hydrogens (tertiary/aromatic N) is 1. The predicted octanol–water partition coefficient (Wildman–Crippen LogP) is -2.24. The molecule has 1 aromatic carbocycles. The predicted molar refractivity (Wildman–Crippen MR) is 58.0 cm³/mol. The Bertz CT molecular complexity index is 518. The minimum atomic E-state index is -2.18. The Balaban J connectivity index is 0.00000108. The van der Waals surface area contributed by atoms with E-state index in [1.54, 1.807) is 17.0 Å². The molecule has 4 nitrogen and oxygen atoms in total. The Labute approximate surface area is 124 Å². The summed E-state index contributed by atoms with van der Waals surface area (Å²) in [5.41, 5.74) is 2.95. The van der Waals surface area contributed by atoms with E-state index in [0.29, 0.717) is 24.3 Å². The Kier molecular flexibility index (Phi) is 3.75. The summed E-state index contributed by atoms with van der Waals surface area (Å²) >= 11 is -2.18. The fourth-order valence-electron chi connectivity index (χ4n) is 2.52. The first-order valence-electron chi connectivity index (χ1n) is 5.22. The van der Waals surface area contributed by atoms with Gasteiger partial charge in [0.15, 0.2) is 0 Å². The molecule has 0 radical (unpaired) electrons. The van der Waals surface area contributed by atoms with Crippen LogP contribution < -0.4 is 34.5 Å². The van der Waals surface area contributed by atoms with E-state index in [0.717, 1.165) is 23.2 Å². The maximum Gasteiger partial charge on any atom is 1.00 e. The van der Waals surface area contributed by atoms with E-state index in [9.17, 15) is 13.6 Å². The Hall–Kier alpha value is -0.200. The van der Waals surface area contributed by atoms with Crippen molar-refractivity contribution in [1.82, 2.24) is 0 Å². The van der Waals surface area contributed by atoms with Crippen molar-refractivity contribution < 1.29 is 43.1 Å². The molecule has 2 aliphatic heterocycles. The third kappa shape index (κ3) is 2.11. The van der Waals surface area contributed by atoms with E-state index < -0.39 is 11.1 Å². The van der Waals surface area contributed by atoms with Gasteiger partial charge in [0.2, 0.25) is 5.91 Å². The number of hydrogen-bond donors (Lipinski definition) is 0. The van der Waals surface area contributed by atoms with Crippen LogP contribution in [0, 0.1) is 0 Å². The molecule has 17 heavy (non-hydrogen) atoms. The van der Waals surface area contributed by atoms with Crippen LogP contribution in [0.2, 0.25) is 0 Å². The summed E-state index contributed by atoms with van der Waals surface area (Å²) < 4.78 is 21.9. The SMILES string of the molecule is O=C1CCc2cc(S(=O)[O-])cc3c2N1CC3.[Na+]. The molecule has 0 aliphatic carbocycles. The zero-order valence-corrected chi connectivity index (χ0v) is 12.4. The van der Waals surface area contributed by atoms with Gasteiger partial charge in [0.25, 0.3) is 0 Å². The third-order valence-electron chi connectivity index (χ3n) is 3.22. The molecule has 0 aromatic heterocycles. The maximum atomic E-state index is 11.6. The van der Waals surface area contributed by atoms with Gasteiger partial charge >= 0.3 is 29.6 Å². The minimum absolute atomic E-state index is 0. The van der Waals surface area contributed by atoms with Crippen LogP contribution in [0.25, 0.3) is 0 Å². The summed E-state index contributed by atoms with van der Waals surface area (Å²) in [6, 6.07) is 3.37. The van der Waals surface area contributed by atoms with Crippen molar-refractivity contribution in [2.24, 2.45) is 0 Å². The standard InChI is InChI=1S/C11H11NO3S.Na/c13-10-2-1-7-5-9(16(14)15)6-8-3-4-12(10)11(7)8;/h5-6H,1-4H2,(H,14,15);/q;+1/p-1. The zero-order chi connectivity index (χ0) is 11.3. The van der Waals surface area contributed by atoms with Gasteiger partial charge in [-0.15, -0.1) is 0 Å². The van der Waals surface area contributed by atoms with Crippen LogP contribution in [0.15, 0.2) is 17.0 Å². The monoisotopic (exact) mass is 259 g/mol. The molecule has 3 rings (SSSR count). The molecular weight excluding hydrogens is 249 g/mol. The fourth-order valence-corrected chi connectivity index (χ4v) is 3.00. The largest absolute Gasteiger partial charge is 1.00 e.